The van der Waals surface area contributed by atoms with Crippen molar-refractivity contribution in [2.45, 2.75) is 0 Å². The first kappa shape index (κ1) is 69.3. The van der Waals surface area contributed by atoms with Gasteiger partial charge in [0.25, 0.3) is 0 Å². The minimum absolute atomic E-state index is 0.262. The van der Waals surface area contributed by atoms with E-state index >= 15 is 0 Å². The van der Waals surface area contributed by atoms with Crippen LogP contribution in [0.4, 0.5) is 0 Å². The van der Waals surface area contributed by atoms with E-state index < -0.39 is 0 Å². The summed E-state index contributed by atoms with van der Waals surface area (Å²) in [5, 5.41) is 7.74. The van der Waals surface area contributed by atoms with E-state index in [1.807, 2.05) is 233 Å². The summed E-state index contributed by atoms with van der Waals surface area (Å²) in [5.41, 5.74) is 17.0. The molecule has 16 nitrogen and oxygen atoms in total. The maximum absolute atomic E-state index is 5.89. The molecule has 12 heterocycles. The maximum Gasteiger partial charge on any atom is 0.224 e. The molecule has 8 aromatic carbocycles. The van der Waals surface area contributed by atoms with Crippen molar-refractivity contribution in [1.29, 1.82) is 0 Å². The molecule has 0 unspecified atom stereocenters. The van der Waals surface area contributed by atoms with Gasteiger partial charge in [-0.15, -0.1) is 0 Å². The van der Waals surface area contributed by atoms with Crippen LogP contribution in [0, 0.1) is 0 Å². The number of hydrogen-bond acceptors (Lipinski definition) is 10. The quantitative estimate of drug-likeness (QED) is 0.111. The molecule has 0 saturated carbocycles. The van der Waals surface area contributed by atoms with Gasteiger partial charge in [0.15, 0.2) is 5.65 Å². The van der Waals surface area contributed by atoms with E-state index in [2.05, 4.69) is 155 Å². The lowest BCUT2D eigenvalue weighted by atomic mass is 10.1. The number of halogens is 6. The summed E-state index contributed by atoms with van der Waals surface area (Å²) < 4.78 is 12.2. The number of hydrogen-bond donors (Lipinski definition) is 0. The van der Waals surface area contributed by atoms with Crippen LogP contribution in [0.15, 0.2) is 341 Å². The van der Waals surface area contributed by atoms with Crippen molar-refractivity contribution in [1.82, 2.24) is 77.2 Å². The Balaban J connectivity index is 0.000000102. The monoisotopic (exact) mass is 1500 g/mol. The van der Waals surface area contributed by atoms with Crippen molar-refractivity contribution in [2.75, 3.05) is 0 Å². The zero-order valence-electron chi connectivity index (χ0n) is 55.8. The van der Waals surface area contributed by atoms with E-state index in [1.165, 1.54) is 21.9 Å². The first-order valence-corrected chi connectivity index (χ1v) is 35.4. The lowest BCUT2D eigenvalue weighted by Crippen LogP contribution is -1.94. The van der Waals surface area contributed by atoms with Crippen LogP contribution in [0.1, 0.15) is 0 Å². The summed E-state index contributed by atoms with van der Waals surface area (Å²) in [6, 6.07) is 91.2. The Morgan fingerprint density at radius 2 is 0.623 bits per heavy atom. The highest BCUT2D eigenvalue weighted by atomic mass is 35.5. The van der Waals surface area contributed by atoms with E-state index in [9.17, 15) is 0 Å². The van der Waals surface area contributed by atoms with Gasteiger partial charge in [0.1, 0.15) is 32.3 Å². The smallest absolute Gasteiger partial charge is 0.224 e. The van der Waals surface area contributed by atoms with Gasteiger partial charge in [-0.05, 0) is 184 Å². The zero-order chi connectivity index (χ0) is 72.3. The lowest BCUT2D eigenvalue weighted by Gasteiger charge is -2.07. The fraction of sp³-hybridized carbons (Fsp3) is 0. The summed E-state index contributed by atoms with van der Waals surface area (Å²) in [6.45, 7) is 0. The van der Waals surface area contributed by atoms with Crippen LogP contribution in [0.25, 0.3) is 122 Å². The number of aromatic nitrogens is 16. The van der Waals surface area contributed by atoms with E-state index in [0.29, 0.717) is 15.5 Å². The Morgan fingerprint density at radius 3 is 1.24 bits per heavy atom. The number of nitrogens with zero attached hydrogens (tertiary/aromatic N) is 16. The van der Waals surface area contributed by atoms with Gasteiger partial charge < -0.3 is 22.8 Å². The molecule has 514 valence electrons. The fourth-order valence-electron chi connectivity index (χ4n) is 12.0. The fourth-order valence-corrected chi connectivity index (χ4v) is 12.9. The molecule has 0 aliphatic carbocycles. The molecule has 106 heavy (non-hydrogen) atoms. The molecule has 0 aliphatic rings. The Labute approximate surface area is 636 Å². The summed E-state index contributed by atoms with van der Waals surface area (Å²) in [4.78, 5) is 41.7. The molecule has 0 aliphatic heterocycles. The van der Waals surface area contributed by atoms with Crippen molar-refractivity contribution in [2.24, 2.45) is 0 Å². The molecule has 0 radical (unpaired) electrons. The predicted octanol–water partition coefficient (Wildman–Crippen LogP) is 22.5. The van der Waals surface area contributed by atoms with Crippen molar-refractivity contribution >= 4 is 147 Å². The molecular weight excluding hydrogens is 1450 g/mol. The van der Waals surface area contributed by atoms with Crippen LogP contribution >= 0.6 is 69.6 Å². The maximum atomic E-state index is 5.89. The van der Waals surface area contributed by atoms with Gasteiger partial charge in [-0.1, -0.05) is 180 Å². The van der Waals surface area contributed by atoms with E-state index in [0.717, 1.165) is 100 Å². The van der Waals surface area contributed by atoms with Gasteiger partial charge in [-0.3, -0.25) is 4.57 Å². The van der Waals surface area contributed by atoms with Crippen LogP contribution in [-0.2, 0) is 0 Å². The Bertz CT molecular complexity index is 6090. The molecular formula is C84H56Cl6N16. The summed E-state index contributed by atoms with van der Waals surface area (Å²) in [6.07, 6.45) is 20.5. The molecule has 0 amide bonds. The van der Waals surface area contributed by atoms with Crippen LogP contribution in [-0.4, -0.2) is 77.2 Å². The van der Waals surface area contributed by atoms with Crippen LogP contribution in [0.3, 0.4) is 0 Å². The third-order valence-electron chi connectivity index (χ3n) is 17.0. The zero-order valence-corrected chi connectivity index (χ0v) is 60.3. The summed E-state index contributed by atoms with van der Waals surface area (Å²) in [5.74, 6) is 0. The van der Waals surface area contributed by atoms with Crippen LogP contribution in [0.5, 0.6) is 0 Å². The minimum atomic E-state index is 0.262. The Kier molecular flexibility index (Phi) is 21.0. The molecule has 20 rings (SSSR count). The van der Waals surface area contributed by atoms with E-state index in [4.69, 9.17) is 69.6 Å². The SMILES string of the molecule is Clc1cc2ccn(-c3ccccc3)c2cn1.Clc1ccc2c(ccn2-c2ccccc2)n1.Clc1cnc2c(ccn2-c2ccccc2)n1.Clc1ncc2c(ccn2-c2ccc(-c3ccccc3)cc2)n1.Clc1ncc2ccn(-c3ccc4ccccc4c3)c2n1.Clc1ncc2ccn(-c3ccccc3)c2n1. The molecule has 12 aromatic heterocycles. The number of pyridine rings is 2. The number of para-hydroxylation sites is 4. The lowest BCUT2D eigenvalue weighted by molar-refractivity contribution is 1.08. The van der Waals surface area contributed by atoms with Gasteiger partial charge in [0.2, 0.25) is 15.9 Å². The van der Waals surface area contributed by atoms with E-state index in [-0.39, 0.29) is 15.9 Å². The normalized spacial score (nSPS) is 10.9. The van der Waals surface area contributed by atoms with Crippen molar-refractivity contribution in [3.05, 3.63) is 372 Å². The number of benzene rings is 8. The van der Waals surface area contributed by atoms with Crippen LogP contribution < -0.4 is 0 Å². The Morgan fingerprint density at radius 1 is 0.208 bits per heavy atom. The molecule has 0 spiro atoms. The number of fused-ring (bicyclic) bond motifs is 7. The molecule has 22 heteroatoms. The number of rotatable bonds is 7. The molecule has 0 bridgehead atoms. The summed E-state index contributed by atoms with van der Waals surface area (Å²) >= 11 is 35.0. The topological polar surface area (TPSA) is 158 Å². The third-order valence-corrected chi connectivity index (χ3v) is 18.2. The molecule has 20 aromatic rings. The second-order valence-corrected chi connectivity index (χ2v) is 25.8. The minimum Gasteiger partial charge on any atom is -0.315 e. The van der Waals surface area contributed by atoms with Gasteiger partial charge in [0, 0.05) is 99.9 Å². The van der Waals surface area contributed by atoms with Gasteiger partial charge in [-0.25, -0.2) is 39.9 Å². The molecule has 0 atom stereocenters. The Hall–Kier alpha value is -12.4. The average Bonchev–Trinajstić information content (AvgIpc) is 1.66. The van der Waals surface area contributed by atoms with Gasteiger partial charge >= 0.3 is 0 Å². The average molecular weight is 1500 g/mol. The van der Waals surface area contributed by atoms with Crippen molar-refractivity contribution < 1.29 is 0 Å². The first-order valence-electron chi connectivity index (χ1n) is 33.1. The predicted molar refractivity (Wildman–Crippen MR) is 431 cm³/mol. The van der Waals surface area contributed by atoms with Gasteiger partial charge in [-0.2, -0.15) is 9.97 Å². The van der Waals surface area contributed by atoms with Crippen molar-refractivity contribution in [3.63, 3.8) is 0 Å². The van der Waals surface area contributed by atoms with Crippen molar-refractivity contribution in [3.8, 4) is 45.3 Å². The second kappa shape index (κ2) is 32.1. The van der Waals surface area contributed by atoms with Crippen LogP contribution in [0.2, 0.25) is 31.3 Å². The molecule has 0 N–H and O–H groups in total. The highest BCUT2D eigenvalue weighted by molar-refractivity contribution is 6.31. The largest absolute Gasteiger partial charge is 0.315 e. The molecule has 0 fully saturated rings. The third kappa shape index (κ3) is 15.9. The standard InChI is InChI=1S/C18H12ClN3.C16H10ClN3.2C13H9ClN2.2C12H8ClN3/c19-18-20-12-17-16(21-18)10-11-22(17)15-8-6-14(7-9-15)13-4-2-1-3-5-13;17-16-18-10-13-7-8-20(15(13)19-16)14-6-5-11-3-1-2-4-12(11)9-14;14-13-8-10-6-7-16(12(10)9-15-13)11-4-2-1-3-5-11;14-13-7-6-12-11(15-13)8-9-16(12)10-4-2-1-3-5-10;13-12-14-8-9-6-7-16(11(9)15-12)10-4-2-1-3-5-10;13-11-8-14-12-10(15-11)6-7-16(12)9-4-2-1-3-5-9/h1-12H;1-10H;2*1-9H;2*1-8H. The highest BCUT2D eigenvalue weighted by Gasteiger charge is 2.12. The van der Waals surface area contributed by atoms with E-state index in [1.54, 1.807) is 31.0 Å². The first-order chi connectivity index (χ1) is 52.0. The van der Waals surface area contributed by atoms with Gasteiger partial charge in [0.05, 0.1) is 46.2 Å². The highest BCUT2D eigenvalue weighted by Crippen LogP contribution is 2.29. The molecule has 0 saturated heterocycles. The second-order valence-electron chi connectivity index (χ2n) is 23.7. The summed E-state index contributed by atoms with van der Waals surface area (Å²) in [7, 11) is 0.